The van der Waals surface area contributed by atoms with E-state index in [-0.39, 0.29) is 23.4 Å². The van der Waals surface area contributed by atoms with Gasteiger partial charge in [-0.15, -0.1) is 0 Å². The zero-order valence-electron chi connectivity index (χ0n) is 11.4. The summed E-state index contributed by atoms with van der Waals surface area (Å²) in [5, 5.41) is 0. The molecule has 0 aromatic heterocycles. The predicted molar refractivity (Wildman–Crippen MR) is 74.5 cm³/mol. The fourth-order valence-electron chi connectivity index (χ4n) is 2.68. The second-order valence-electron chi connectivity index (χ2n) is 5.30. The van der Waals surface area contributed by atoms with Gasteiger partial charge in [-0.1, -0.05) is 0 Å². The first kappa shape index (κ1) is 14.6. The van der Waals surface area contributed by atoms with Crippen LogP contribution in [0.15, 0.2) is 18.2 Å². The summed E-state index contributed by atoms with van der Waals surface area (Å²) in [4.78, 5) is 13.2. The number of rotatable bonds is 3. The molecular weight excluding hydrogens is 264 g/mol. The monoisotopic (exact) mass is 283 g/mol. The number of carbonyl (C=O) groups excluding carboxylic acids is 1. The molecule has 4 N–H and O–H groups in total. The summed E-state index contributed by atoms with van der Waals surface area (Å²) in [5.74, 6) is -0.676. The minimum atomic E-state index is -2.60. The van der Waals surface area contributed by atoms with Crippen LogP contribution in [0.5, 0.6) is 0 Å². The van der Waals surface area contributed by atoms with Crippen LogP contribution in [-0.4, -0.2) is 18.5 Å². The van der Waals surface area contributed by atoms with Gasteiger partial charge in [0.2, 0.25) is 5.91 Å². The van der Waals surface area contributed by atoms with E-state index in [4.69, 9.17) is 11.5 Å². The summed E-state index contributed by atoms with van der Waals surface area (Å²) in [5.41, 5.74) is 11.6. The first-order valence-electron chi connectivity index (χ1n) is 6.63. The number of nitrogens with zero attached hydrogens (tertiary/aromatic N) is 1. The Morgan fingerprint density at radius 1 is 1.40 bits per heavy atom. The fraction of sp³-hybridized carbons (Fsp3) is 0.500. The van der Waals surface area contributed by atoms with Crippen molar-refractivity contribution in [2.45, 2.75) is 32.2 Å². The molecule has 1 aromatic rings. The summed E-state index contributed by atoms with van der Waals surface area (Å²) < 4.78 is 26.3. The summed E-state index contributed by atoms with van der Waals surface area (Å²) >= 11 is 0. The smallest absolute Gasteiger partial charge is 0.265 e. The Balaban J connectivity index is 2.35. The third-order valence-corrected chi connectivity index (χ3v) is 3.88. The zero-order chi connectivity index (χ0) is 14.9. The van der Waals surface area contributed by atoms with Crippen molar-refractivity contribution in [2.75, 3.05) is 17.2 Å². The van der Waals surface area contributed by atoms with Crippen LogP contribution < -0.4 is 16.4 Å². The number of carbonyl (C=O) groups is 1. The number of piperidine rings is 1. The third kappa shape index (κ3) is 2.84. The second kappa shape index (κ2) is 5.64. The minimum absolute atomic E-state index is 0.0896. The molecule has 20 heavy (non-hydrogen) atoms. The van der Waals surface area contributed by atoms with Crippen molar-refractivity contribution in [3.8, 4) is 0 Å². The van der Waals surface area contributed by atoms with Crippen LogP contribution in [0.3, 0.4) is 0 Å². The van der Waals surface area contributed by atoms with Gasteiger partial charge in [0, 0.05) is 29.5 Å². The van der Waals surface area contributed by atoms with Gasteiger partial charge < -0.3 is 16.4 Å². The third-order valence-electron chi connectivity index (χ3n) is 3.88. The summed E-state index contributed by atoms with van der Waals surface area (Å²) in [6.45, 7) is 2.34. The lowest BCUT2D eigenvalue weighted by atomic mass is 9.92. The lowest BCUT2D eigenvalue weighted by Crippen LogP contribution is -2.46. The molecule has 0 radical (unpaired) electrons. The van der Waals surface area contributed by atoms with Gasteiger partial charge >= 0.3 is 0 Å². The van der Waals surface area contributed by atoms with E-state index in [2.05, 4.69) is 0 Å². The van der Waals surface area contributed by atoms with Gasteiger partial charge in [0.05, 0.1) is 5.92 Å². The van der Waals surface area contributed by atoms with E-state index >= 15 is 0 Å². The van der Waals surface area contributed by atoms with Crippen molar-refractivity contribution >= 4 is 17.3 Å². The molecule has 2 atom stereocenters. The van der Waals surface area contributed by atoms with Crippen molar-refractivity contribution < 1.29 is 13.6 Å². The number of halogens is 2. The molecule has 0 spiro atoms. The van der Waals surface area contributed by atoms with Gasteiger partial charge in [0.25, 0.3) is 6.43 Å². The molecule has 110 valence electrons. The normalized spacial score (nSPS) is 23.1. The average molecular weight is 283 g/mol. The van der Waals surface area contributed by atoms with Crippen LogP contribution in [0.2, 0.25) is 0 Å². The molecular formula is C14H19F2N3O. The van der Waals surface area contributed by atoms with E-state index in [1.54, 1.807) is 12.1 Å². The van der Waals surface area contributed by atoms with Gasteiger partial charge in [0.1, 0.15) is 0 Å². The van der Waals surface area contributed by atoms with E-state index in [1.807, 2.05) is 11.8 Å². The van der Waals surface area contributed by atoms with Crippen molar-refractivity contribution in [2.24, 2.45) is 11.7 Å². The van der Waals surface area contributed by atoms with Crippen LogP contribution in [0.1, 0.15) is 31.8 Å². The number of hydrogen-bond acceptors (Lipinski definition) is 3. The summed E-state index contributed by atoms with van der Waals surface area (Å²) in [6, 6.07) is 4.57. The van der Waals surface area contributed by atoms with Gasteiger partial charge in [0.15, 0.2) is 0 Å². The highest BCUT2D eigenvalue weighted by Gasteiger charge is 2.31. The number of alkyl halides is 2. The van der Waals surface area contributed by atoms with Crippen molar-refractivity contribution in [3.05, 3.63) is 23.8 Å². The number of nitrogen functional groups attached to an aromatic ring is 1. The first-order chi connectivity index (χ1) is 9.40. The Labute approximate surface area is 116 Å². The lowest BCUT2D eigenvalue weighted by molar-refractivity contribution is -0.122. The molecule has 4 nitrogen and oxygen atoms in total. The molecule has 1 fully saturated rings. The molecule has 1 aliphatic rings. The number of primary amides is 1. The van der Waals surface area contributed by atoms with E-state index in [0.29, 0.717) is 24.3 Å². The number of amides is 1. The van der Waals surface area contributed by atoms with Crippen molar-refractivity contribution in [1.82, 2.24) is 0 Å². The van der Waals surface area contributed by atoms with Crippen LogP contribution in [0.4, 0.5) is 20.2 Å². The van der Waals surface area contributed by atoms with E-state index in [1.165, 1.54) is 6.07 Å². The van der Waals surface area contributed by atoms with Crippen LogP contribution in [0, 0.1) is 5.92 Å². The second-order valence-corrected chi connectivity index (χ2v) is 5.30. The molecule has 2 unspecified atom stereocenters. The number of nitrogens with two attached hydrogens (primary N) is 2. The van der Waals surface area contributed by atoms with Crippen LogP contribution in [0.25, 0.3) is 0 Å². The highest BCUT2D eigenvalue weighted by atomic mass is 19.3. The molecule has 2 rings (SSSR count). The molecule has 1 aliphatic heterocycles. The number of hydrogen-bond donors (Lipinski definition) is 2. The fourth-order valence-corrected chi connectivity index (χ4v) is 2.68. The number of benzene rings is 1. The topological polar surface area (TPSA) is 72.4 Å². The molecule has 1 aromatic carbocycles. The average Bonchev–Trinajstić information content (AvgIpc) is 2.39. The van der Waals surface area contributed by atoms with Gasteiger partial charge in [-0.05, 0) is 38.0 Å². The quantitative estimate of drug-likeness (QED) is 0.836. The van der Waals surface area contributed by atoms with Gasteiger partial charge in [-0.3, -0.25) is 4.79 Å². The minimum Gasteiger partial charge on any atom is -0.399 e. The molecule has 1 amide bonds. The largest absolute Gasteiger partial charge is 0.399 e. The Morgan fingerprint density at radius 3 is 2.70 bits per heavy atom. The van der Waals surface area contributed by atoms with Gasteiger partial charge in [-0.25, -0.2) is 8.78 Å². The Morgan fingerprint density at radius 2 is 2.10 bits per heavy atom. The maximum Gasteiger partial charge on any atom is 0.265 e. The lowest BCUT2D eigenvalue weighted by Gasteiger charge is -2.39. The Kier molecular flexibility index (Phi) is 4.11. The standard InChI is InChI=1S/C14H19F2N3O/c1-8-2-3-9(14(18)20)7-19(8)12-5-4-10(17)6-11(12)13(15)16/h4-6,8-9,13H,2-3,7,17H2,1H3,(H2,18,20). The Hall–Kier alpha value is -1.85. The summed E-state index contributed by atoms with van der Waals surface area (Å²) in [6.07, 6.45) is -1.15. The highest BCUT2D eigenvalue weighted by Crippen LogP contribution is 2.35. The Bertz CT molecular complexity index is 507. The molecule has 6 heteroatoms. The molecule has 1 saturated heterocycles. The molecule has 0 aliphatic carbocycles. The summed E-state index contributed by atoms with van der Waals surface area (Å²) in [7, 11) is 0. The predicted octanol–water partition coefficient (Wildman–Crippen LogP) is 2.30. The molecule has 1 heterocycles. The molecule has 0 saturated carbocycles. The first-order valence-corrected chi connectivity index (χ1v) is 6.63. The van der Waals surface area contributed by atoms with E-state index in [9.17, 15) is 13.6 Å². The van der Waals surface area contributed by atoms with Gasteiger partial charge in [-0.2, -0.15) is 0 Å². The highest BCUT2D eigenvalue weighted by molar-refractivity contribution is 5.78. The van der Waals surface area contributed by atoms with Crippen LogP contribution >= 0.6 is 0 Å². The van der Waals surface area contributed by atoms with Crippen molar-refractivity contribution in [1.29, 1.82) is 0 Å². The number of anilines is 2. The van der Waals surface area contributed by atoms with Crippen LogP contribution in [-0.2, 0) is 4.79 Å². The zero-order valence-corrected chi connectivity index (χ0v) is 11.4. The maximum atomic E-state index is 13.2. The van der Waals surface area contributed by atoms with E-state index in [0.717, 1.165) is 6.42 Å². The van der Waals surface area contributed by atoms with E-state index < -0.39 is 6.43 Å². The molecule has 0 bridgehead atoms. The van der Waals surface area contributed by atoms with Crippen molar-refractivity contribution in [3.63, 3.8) is 0 Å². The SMILES string of the molecule is CC1CCC(C(N)=O)CN1c1ccc(N)cc1C(F)F. The maximum absolute atomic E-state index is 13.2.